The van der Waals surface area contributed by atoms with Gasteiger partial charge in [0.1, 0.15) is 0 Å². The highest BCUT2D eigenvalue weighted by atomic mass is 16.3. The Hall–Kier alpha value is -0.820. The van der Waals surface area contributed by atoms with Gasteiger partial charge in [-0.3, -0.25) is 0 Å². The summed E-state index contributed by atoms with van der Waals surface area (Å²) in [5.74, 6) is 1.27. The minimum Gasteiger partial charge on any atom is -0.392 e. The van der Waals surface area contributed by atoms with Crippen LogP contribution in [0.15, 0.2) is 24.3 Å². The van der Waals surface area contributed by atoms with Crippen molar-refractivity contribution in [2.45, 2.75) is 37.7 Å². The molecule has 2 atom stereocenters. The van der Waals surface area contributed by atoms with Crippen LogP contribution in [0.25, 0.3) is 0 Å². The molecule has 1 N–H and O–H groups in total. The molecule has 1 aromatic carbocycles. The summed E-state index contributed by atoms with van der Waals surface area (Å²) in [5.41, 5.74) is 2.83. The van der Waals surface area contributed by atoms with Crippen LogP contribution >= 0.6 is 0 Å². The van der Waals surface area contributed by atoms with Crippen molar-refractivity contribution in [2.75, 3.05) is 0 Å². The number of hydrogen-bond donors (Lipinski definition) is 1. The number of fused-ring (bicyclic) bond motifs is 1. The lowest BCUT2D eigenvalue weighted by Gasteiger charge is -2.34. The molecule has 0 radical (unpaired) electrons. The Bertz CT molecular complexity index is 341. The number of benzene rings is 1. The van der Waals surface area contributed by atoms with Gasteiger partial charge in [-0.05, 0) is 29.9 Å². The van der Waals surface area contributed by atoms with E-state index in [9.17, 15) is 5.11 Å². The molecule has 2 unspecified atom stereocenters. The fourth-order valence-corrected chi connectivity index (χ4v) is 2.50. The largest absolute Gasteiger partial charge is 0.392 e. The molecule has 0 aromatic heterocycles. The smallest absolute Gasteiger partial charge is 0.0614 e. The molecule has 1 saturated carbocycles. The van der Waals surface area contributed by atoms with E-state index in [1.165, 1.54) is 24.0 Å². The molecule has 1 fully saturated rings. The second kappa shape index (κ2) is 3.09. The van der Waals surface area contributed by atoms with E-state index in [4.69, 9.17) is 0 Å². The van der Waals surface area contributed by atoms with Crippen molar-refractivity contribution < 1.29 is 5.11 Å². The van der Waals surface area contributed by atoms with Crippen LogP contribution in [0.1, 0.15) is 36.3 Å². The summed E-state index contributed by atoms with van der Waals surface area (Å²) in [6, 6.07) is 8.51. The topological polar surface area (TPSA) is 20.2 Å². The van der Waals surface area contributed by atoms with Gasteiger partial charge in [-0.2, -0.15) is 0 Å². The molecule has 74 valence electrons. The lowest BCUT2D eigenvalue weighted by molar-refractivity contribution is 0.118. The molecule has 1 aromatic rings. The fourth-order valence-electron chi connectivity index (χ4n) is 2.50. The van der Waals surface area contributed by atoms with E-state index in [0.717, 1.165) is 18.8 Å². The zero-order valence-electron chi connectivity index (χ0n) is 8.32. The molecular weight excluding hydrogens is 172 g/mol. The molecule has 0 saturated heterocycles. The Morgan fingerprint density at radius 1 is 1.29 bits per heavy atom. The van der Waals surface area contributed by atoms with Crippen LogP contribution in [-0.4, -0.2) is 11.2 Å². The first kappa shape index (κ1) is 8.49. The molecule has 2 aliphatic rings. The summed E-state index contributed by atoms with van der Waals surface area (Å²) in [7, 11) is 0. The standard InChI is InChI=1S/C13H16O/c14-13(7-9-5-6-9)12-8-10-3-1-2-4-11(10)12/h1-4,9,12-14H,5-8H2. The molecule has 0 heterocycles. The minimum atomic E-state index is -0.0857. The van der Waals surface area contributed by atoms with Gasteiger partial charge < -0.3 is 5.11 Å². The SMILES string of the molecule is OC(CC1CC1)C1Cc2ccccc21. The molecule has 0 aliphatic heterocycles. The lowest BCUT2D eigenvalue weighted by Crippen LogP contribution is -2.29. The Morgan fingerprint density at radius 2 is 2.07 bits per heavy atom. The van der Waals surface area contributed by atoms with Crippen molar-refractivity contribution >= 4 is 0 Å². The van der Waals surface area contributed by atoms with E-state index < -0.39 is 0 Å². The zero-order valence-corrected chi connectivity index (χ0v) is 8.32. The molecule has 1 nitrogen and oxygen atoms in total. The van der Waals surface area contributed by atoms with E-state index in [-0.39, 0.29) is 6.10 Å². The van der Waals surface area contributed by atoms with Gasteiger partial charge in [0.25, 0.3) is 0 Å². The van der Waals surface area contributed by atoms with Gasteiger partial charge in [-0.1, -0.05) is 37.1 Å². The summed E-state index contributed by atoms with van der Waals surface area (Å²) in [6.45, 7) is 0. The highest BCUT2D eigenvalue weighted by Crippen LogP contribution is 2.42. The van der Waals surface area contributed by atoms with Crippen LogP contribution < -0.4 is 0 Å². The number of aliphatic hydroxyl groups is 1. The summed E-state index contributed by atoms with van der Waals surface area (Å²) in [6.07, 6.45) is 4.71. The van der Waals surface area contributed by atoms with E-state index in [2.05, 4.69) is 24.3 Å². The fraction of sp³-hybridized carbons (Fsp3) is 0.538. The Labute approximate surface area is 84.8 Å². The van der Waals surface area contributed by atoms with Crippen molar-refractivity contribution in [3.05, 3.63) is 35.4 Å². The van der Waals surface area contributed by atoms with Crippen molar-refractivity contribution in [3.63, 3.8) is 0 Å². The first-order valence-electron chi connectivity index (χ1n) is 5.60. The van der Waals surface area contributed by atoms with Crippen LogP contribution in [0.2, 0.25) is 0 Å². The highest BCUT2D eigenvalue weighted by Gasteiger charge is 2.35. The summed E-state index contributed by atoms with van der Waals surface area (Å²) >= 11 is 0. The van der Waals surface area contributed by atoms with Crippen molar-refractivity contribution in [1.29, 1.82) is 0 Å². The van der Waals surface area contributed by atoms with Gasteiger partial charge in [-0.25, -0.2) is 0 Å². The van der Waals surface area contributed by atoms with Crippen molar-refractivity contribution in [3.8, 4) is 0 Å². The zero-order chi connectivity index (χ0) is 9.54. The van der Waals surface area contributed by atoms with Gasteiger partial charge in [0.05, 0.1) is 6.10 Å². The first-order valence-corrected chi connectivity index (χ1v) is 5.60. The predicted molar refractivity (Wildman–Crippen MR) is 56.2 cm³/mol. The monoisotopic (exact) mass is 188 g/mol. The average molecular weight is 188 g/mol. The van der Waals surface area contributed by atoms with Crippen LogP contribution in [0, 0.1) is 5.92 Å². The molecule has 1 heteroatoms. The second-order valence-corrected chi connectivity index (χ2v) is 4.76. The summed E-state index contributed by atoms with van der Waals surface area (Å²) in [4.78, 5) is 0. The maximum absolute atomic E-state index is 10.0. The molecule has 0 spiro atoms. The highest BCUT2D eigenvalue weighted by molar-refractivity contribution is 5.40. The van der Waals surface area contributed by atoms with Crippen LogP contribution in [0.4, 0.5) is 0 Å². The summed E-state index contributed by atoms with van der Waals surface area (Å²) < 4.78 is 0. The second-order valence-electron chi connectivity index (χ2n) is 4.76. The minimum absolute atomic E-state index is 0.0857. The van der Waals surface area contributed by atoms with Crippen molar-refractivity contribution in [2.24, 2.45) is 5.92 Å². The van der Waals surface area contributed by atoms with E-state index in [1.54, 1.807) is 0 Å². The third kappa shape index (κ3) is 1.36. The Kier molecular flexibility index (Phi) is 1.88. The van der Waals surface area contributed by atoms with Gasteiger partial charge in [-0.15, -0.1) is 0 Å². The van der Waals surface area contributed by atoms with E-state index in [1.807, 2.05) is 0 Å². The maximum Gasteiger partial charge on any atom is 0.0614 e. The molecule has 0 bridgehead atoms. The third-order valence-electron chi connectivity index (χ3n) is 3.63. The normalized spacial score (nSPS) is 26.5. The van der Waals surface area contributed by atoms with Gasteiger partial charge in [0.15, 0.2) is 0 Å². The molecular formula is C13H16O. The third-order valence-corrected chi connectivity index (χ3v) is 3.63. The predicted octanol–water partition coefficient (Wildman–Crippen LogP) is 2.49. The van der Waals surface area contributed by atoms with Crippen LogP contribution in [0.3, 0.4) is 0 Å². The Morgan fingerprint density at radius 3 is 2.79 bits per heavy atom. The first-order chi connectivity index (χ1) is 6.84. The quantitative estimate of drug-likeness (QED) is 0.772. The molecule has 14 heavy (non-hydrogen) atoms. The van der Waals surface area contributed by atoms with E-state index in [0.29, 0.717) is 5.92 Å². The molecule has 0 amide bonds. The number of hydrogen-bond acceptors (Lipinski definition) is 1. The van der Waals surface area contributed by atoms with Gasteiger partial charge in [0, 0.05) is 5.92 Å². The van der Waals surface area contributed by atoms with Gasteiger partial charge >= 0.3 is 0 Å². The van der Waals surface area contributed by atoms with E-state index >= 15 is 0 Å². The number of rotatable bonds is 3. The lowest BCUT2D eigenvalue weighted by atomic mass is 9.73. The van der Waals surface area contributed by atoms with Crippen molar-refractivity contribution in [1.82, 2.24) is 0 Å². The Balaban J connectivity index is 1.70. The molecule has 2 aliphatic carbocycles. The average Bonchev–Trinajstić information content (AvgIpc) is 2.91. The van der Waals surface area contributed by atoms with Crippen LogP contribution in [-0.2, 0) is 6.42 Å². The van der Waals surface area contributed by atoms with Gasteiger partial charge in [0.2, 0.25) is 0 Å². The summed E-state index contributed by atoms with van der Waals surface area (Å²) in [5, 5.41) is 10.0. The maximum atomic E-state index is 10.0. The number of aliphatic hydroxyl groups excluding tert-OH is 1. The van der Waals surface area contributed by atoms with Crippen LogP contribution in [0.5, 0.6) is 0 Å². The molecule has 3 rings (SSSR count).